The third-order valence-corrected chi connectivity index (χ3v) is 2.78. The van der Waals surface area contributed by atoms with Crippen molar-refractivity contribution in [1.29, 1.82) is 0 Å². The van der Waals surface area contributed by atoms with E-state index in [9.17, 15) is 14.9 Å². The number of non-ortho nitro benzene ring substituents is 1. The lowest BCUT2D eigenvalue weighted by Crippen LogP contribution is -2.25. The van der Waals surface area contributed by atoms with E-state index in [1.54, 1.807) is 13.8 Å². The maximum Gasteiger partial charge on any atom is 0.338 e. The molecule has 1 aliphatic rings. The molecule has 0 bridgehead atoms. The van der Waals surface area contributed by atoms with Crippen molar-refractivity contribution in [2.45, 2.75) is 25.7 Å². The van der Waals surface area contributed by atoms with Gasteiger partial charge < -0.3 is 14.2 Å². The van der Waals surface area contributed by atoms with Gasteiger partial charge in [-0.05, 0) is 26.0 Å². The van der Waals surface area contributed by atoms with Crippen molar-refractivity contribution in [1.82, 2.24) is 0 Å². The minimum Gasteiger partial charge on any atom is -0.459 e. The summed E-state index contributed by atoms with van der Waals surface area (Å²) in [5.41, 5.74) is 0.185. The quantitative estimate of drug-likeness (QED) is 0.476. The molecular formula is C13H15NO6. The molecule has 1 aromatic carbocycles. The van der Waals surface area contributed by atoms with Gasteiger partial charge >= 0.3 is 5.97 Å². The topological polar surface area (TPSA) is 87.9 Å². The lowest BCUT2D eigenvalue weighted by Gasteiger charge is -2.16. The molecule has 7 nitrogen and oxygen atoms in total. The summed E-state index contributed by atoms with van der Waals surface area (Å²) in [5.74, 6) is -1.21. The van der Waals surface area contributed by atoms with Crippen LogP contribution >= 0.6 is 0 Å². The molecule has 0 spiro atoms. The van der Waals surface area contributed by atoms with Crippen LogP contribution in [0.4, 0.5) is 5.69 Å². The molecule has 1 saturated heterocycles. The van der Waals surface area contributed by atoms with E-state index in [0.29, 0.717) is 6.61 Å². The van der Waals surface area contributed by atoms with E-state index in [4.69, 9.17) is 14.2 Å². The maximum absolute atomic E-state index is 11.8. The zero-order valence-corrected chi connectivity index (χ0v) is 11.2. The summed E-state index contributed by atoms with van der Waals surface area (Å²) in [6.07, 6.45) is -0.299. The monoisotopic (exact) mass is 281 g/mol. The summed E-state index contributed by atoms with van der Waals surface area (Å²) in [7, 11) is 0. The number of ether oxygens (including phenoxy) is 3. The van der Waals surface area contributed by atoms with Gasteiger partial charge in [0.15, 0.2) is 5.79 Å². The number of carbonyl (C=O) groups excluding carboxylic acids is 1. The fourth-order valence-corrected chi connectivity index (χ4v) is 1.82. The van der Waals surface area contributed by atoms with E-state index < -0.39 is 16.7 Å². The molecule has 108 valence electrons. The van der Waals surface area contributed by atoms with Crippen LogP contribution in [-0.2, 0) is 14.2 Å². The number of carbonyl (C=O) groups is 1. The molecule has 0 aliphatic carbocycles. The first-order valence-corrected chi connectivity index (χ1v) is 6.11. The van der Waals surface area contributed by atoms with Gasteiger partial charge in [-0.1, -0.05) is 0 Å². The Morgan fingerprint density at radius 2 is 2.10 bits per heavy atom. The highest BCUT2D eigenvalue weighted by Crippen LogP contribution is 2.22. The molecule has 0 aromatic heterocycles. The molecule has 0 radical (unpaired) electrons. The average Bonchev–Trinajstić information content (AvgIpc) is 2.75. The van der Waals surface area contributed by atoms with Crippen LogP contribution in [0.1, 0.15) is 24.2 Å². The molecule has 1 aliphatic heterocycles. The van der Waals surface area contributed by atoms with E-state index in [2.05, 4.69) is 0 Å². The number of rotatable bonds is 4. The van der Waals surface area contributed by atoms with Gasteiger partial charge in [0.25, 0.3) is 5.69 Å². The standard InChI is InChI=1S/C13H15NO6/c1-13(2)19-8-11(20-13)7-18-12(15)9-3-5-10(6-4-9)14(16)17/h3-6,11H,7-8H2,1-2H3. The highest BCUT2D eigenvalue weighted by molar-refractivity contribution is 5.89. The van der Waals surface area contributed by atoms with Gasteiger partial charge in [0.05, 0.1) is 17.1 Å². The largest absolute Gasteiger partial charge is 0.459 e. The molecular weight excluding hydrogens is 266 g/mol. The van der Waals surface area contributed by atoms with Crippen LogP contribution in [0, 0.1) is 10.1 Å². The van der Waals surface area contributed by atoms with Crippen LogP contribution in [0.5, 0.6) is 0 Å². The van der Waals surface area contributed by atoms with Crippen LogP contribution in [0.3, 0.4) is 0 Å². The Kier molecular flexibility index (Phi) is 4.01. The van der Waals surface area contributed by atoms with Crippen molar-refractivity contribution in [3.63, 3.8) is 0 Å². The second kappa shape index (κ2) is 5.56. The Morgan fingerprint density at radius 1 is 1.45 bits per heavy atom. The zero-order valence-electron chi connectivity index (χ0n) is 11.2. The number of nitro groups is 1. The Morgan fingerprint density at radius 3 is 2.60 bits per heavy atom. The lowest BCUT2D eigenvalue weighted by molar-refractivity contribution is -0.384. The fraction of sp³-hybridized carbons (Fsp3) is 0.462. The first-order chi connectivity index (χ1) is 9.37. The first kappa shape index (κ1) is 14.4. The number of hydrogen-bond donors (Lipinski definition) is 0. The molecule has 1 unspecified atom stereocenters. The summed E-state index contributed by atoms with van der Waals surface area (Å²) in [6, 6.07) is 5.23. The molecule has 7 heteroatoms. The van der Waals surface area contributed by atoms with Gasteiger partial charge in [-0.15, -0.1) is 0 Å². The Balaban J connectivity index is 1.87. The van der Waals surface area contributed by atoms with E-state index in [1.807, 2.05) is 0 Å². The third kappa shape index (κ3) is 3.52. The number of benzene rings is 1. The van der Waals surface area contributed by atoms with Gasteiger partial charge in [0, 0.05) is 12.1 Å². The first-order valence-electron chi connectivity index (χ1n) is 6.11. The van der Waals surface area contributed by atoms with Gasteiger partial charge in [-0.3, -0.25) is 10.1 Å². The van der Waals surface area contributed by atoms with Gasteiger partial charge in [0.2, 0.25) is 0 Å². The van der Waals surface area contributed by atoms with Gasteiger partial charge in [0.1, 0.15) is 12.7 Å². The summed E-state index contributed by atoms with van der Waals surface area (Å²) in [6.45, 7) is 4.01. The van der Waals surface area contributed by atoms with Crippen LogP contribution < -0.4 is 0 Å². The van der Waals surface area contributed by atoms with Crippen molar-refractivity contribution >= 4 is 11.7 Å². The smallest absolute Gasteiger partial charge is 0.338 e. The van der Waals surface area contributed by atoms with E-state index in [0.717, 1.165) is 0 Å². The molecule has 0 amide bonds. The predicted molar refractivity (Wildman–Crippen MR) is 68.3 cm³/mol. The highest BCUT2D eigenvalue weighted by atomic mass is 16.7. The Labute approximate surface area is 115 Å². The van der Waals surface area contributed by atoms with Crippen LogP contribution in [-0.4, -0.2) is 36.0 Å². The summed E-state index contributed by atoms with van der Waals surface area (Å²) in [4.78, 5) is 21.7. The Hall–Kier alpha value is -1.99. The van der Waals surface area contributed by atoms with E-state index in [-0.39, 0.29) is 24.0 Å². The van der Waals surface area contributed by atoms with Crippen molar-refractivity contribution in [2.24, 2.45) is 0 Å². The van der Waals surface area contributed by atoms with E-state index in [1.165, 1.54) is 24.3 Å². The van der Waals surface area contributed by atoms with Crippen LogP contribution in [0.2, 0.25) is 0 Å². The maximum atomic E-state index is 11.8. The van der Waals surface area contributed by atoms with Crippen molar-refractivity contribution in [3.8, 4) is 0 Å². The SMILES string of the molecule is CC1(C)OCC(COC(=O)c2ccc([N+](=O)[O-])cc2)O1. The lowest BCUT2D eigenvalue weighted by atomic mass is 10.2. The fourth-order valence-electron chi connectivity index (χ4n) is 1.82. The van der Waals surface area contributed by atoms with Crippen molar-refractivity contribution in [3.05, 3.63) is 39.9 Å². The summed E-state index contributed by atoms with van der Waals surface area (Å²) < 4.78 is 15.9. The Bertz CT molecular complexity index is 510. The van der Waals surface area contributed by atoms with Crippen molar-refractivity contribution < 1.29 is 23.9 Å². The molecule has 0 saturated carbocycles. The summed E-state index contributed by atoms with van der Waals surface area (Å²) >= 11 is 0. The molecule has 0 N–H and O–H groups in total. The molecule has 2 rings (SSSR count). The molecule has 1 atom stereocenters. The predicted octanol–water partition coefficient (Wildman–Crippen LogP) is 1.90. The average molecular weight is 281 g/mol. The third-order valence-electron chi connectivity index (χ3n) is 2.78. The minimum absolute atomic E-state index is 0.0733. The summed E-state index contributed by atoms with van der Waals surface area (Å²) in [5, 5.41) is 10.5. The zero-order chi connectivity index (χ0) is 14.8. The van der Waals surface area contributed by atoms with Gasteiger partial charge in [-0.2, -0.15) is 0 Å². The number of esters is 1. The van der Waals surface area contributed by atoms with Crippen molar-refractivity contribution in [2.75, 3.05) is 13.2 Å². The van der Waals surface area contributed by atoms with Gasteiger partial charge in [-0.25, -0.2) is 4.79 Å². The minimum atomic E-state index is -0.662. The van der Waals surface area contributed by atoms with Crippen LogP contribution in [0.15, 0.2) is 24.3 Å². The highest BCUT2D eigenvalue weighted by Gasteiger charge is 2.33. The van der Waals surface area contributed by atoms with E-state index >= 15 is 0 Å². The second-order valence-corrected chi connectivity index (χ2v) is 4.85. The second-order valence-electron chi connectivity index (χ2n) is 4.85. The normalized spacial score (nSPS) is 20.6. The van der Waals surface area contributed by atoms with Crippen LogP contribution in [0.25, 0.3) is 0 Å². The molecule has 1 heterocycles. The number of nitrogens with zero attached hydrogens (tertiary/aromatic N) is 1. The molecule has 1 aromatic rings. The number of nitro benzene ring substituents is 1. The molecule has 20 heavy (non-hydrogen) atoms. The molecule has 1 fully saturated rings. The number of hydrogen-bond acceptors (Lipinski definition) is 6.